The molecule has 0 aliphatic carbocycles. The predicted octanol–water partition coefficient (Wildman–Crippen LogP) is 6.09. The van der Waals surface area contributed by atoms with Crippen LogP contribution in [-0.2, 0) is 34.9 Å². The molecule has 0 spiro atoms. The van der Waals surface area contributed by atoms with Gasteiger partial charge in [-0.1, -0.05) is 30.3 Å². The average molecular weight is 598 g/mol. The van der Waals surface area contributed by atoms with E-state index in [1.54, 1.807) is 0 Å². The molecule has 0 saturated carbocycles. The lowest BCUT2D eigenvalue weighted by Gasteiger charge is -2.42. The van der Waals surface area contributed by atoms with Gasteiger partial charge >= 0.3 is 12.4 Å². The second kappa shape index (κ2) is 12.7. The molecule has 2 aliphatic rings. The molecule has 2 saturated heterocycles. The predicted molar refractivity (Wildman–Crippen MR) is 141 cm³/mol. The molecule has 7 nitrogen and oxygen atoms in total. The smallest absolute Gasteiger partial charge is 0.349 e. The van der Waals surface area contributed by atoms with Gasteiger partial charge in [-0.3, -0.25) is 4.90 Å². The van der Waals surface area contributed by atoms with E-state index in [1.807, 2.05) is 35.0 Å². The Bertz CT molecular complexity index is 1280. The van der Waals surface area contributed by atoms with Crippen LogP contribution >= 0.6 is 0 Å². The largest absolute Gasteiger partial charge is 0.416 e. The van der Waals surface area contributed by atoms with Gasteiger partial charge in [0.15, 0.2) is 6.29 Å². The van der Waals surface area contributed by atoms with Crippen molar-refractivity contribution in [2.24, 2.45) is 0 Å². The Morgan fingerprint density at radius 1 is 0.929 bits per heavy atom. The van der Waals surface area contributed by atoms with Crippen molar-refractivity contribution in [3.05, 3.63) is 82.9 Å². The van der Waals surface area contributed by atoms with E-state index in [1.165, 1.54) is 26.1 Å². The zero-order chi connectivity index (χ0) is 29.9. The van der Waals surface area contributed by atoms with Gasteiger partial charge in [0.2, 0.25) is 0 Å². The molecule has 2 aromatic carbocycles. The van der Waals surface area contributed by atoms with Crippen LogP contribution in [0.1, 0.15) is 60.0 Å². The van der Waals surface area contributed by atoms with E-state index in [9.17, 15) is 26.3 Å². The van der Waals surface area contributed by atoms with Crippen LogP contribution in [0.2, 0.25) is 0 Å². The molecule has 0 bridgehead atoms. The number of benzene rings is 2. The highest BCUT2D eigenvalue weighted by atomic mass is 19.4. The third-order valence-electron chi connectivity index (χ3n) is 7.74. The highest BCUT2D eigenvalue weighted by molar-refractivity contribution is 5.34. The molecular formula is C29H33F6N5O2. The molecule has 3 heterocycles. The molecule has 1 unspecified atom stereocenters. The summed E-state index contributed by atoms with van der Waals surface area (Å²) in [5.74, 6) is 0.747. The Labute approximate surface area is 240 Å². The zero-order valence-electron chi connectivity index (χ0n) is 23.1. The summed E-state index contributed by atoms with van der Waals surface area (Å²) in [5.41, 5.74) is -2.19. The van der Waals surface area contributed by atoms with Crippen LogP contribution in [0.5, 0.6) is 0 Å². The number of alkyl halides is 6. The lowest BCUT2D eigenvalue weighted by atomic mass is 10.0. The maximum atomic E-state index is 13.5. The molecule has 0 radical (unpaired) electrons. The standard InChI is InChI=1S/C29H33F6N5O2/c1-20(22-15-23(28(30,31)32)17-24(16-22)29(33,34)35)42-27-26(21-7-3-2-4-8-21)39(13-14-41-27)18-25-36-19-37-40(25)12-11-38-9-5-6-10-38/h2-4,7-8,15-17,19-20,26-27H,5-6,9-14,18H2,1H3/t20?,26-,27+/m0/s1. The molecular weight excluding hydrogens is 564 g/mol. The summed E-state index contributed by atoms with van der Waals surface area (Å²) in [6.45, 7) is 6.27. The van der Waals surface area contributed by atoms with Gasteiger partial charge in [-0.2, -0.15) is 31.4 Å². The van der Waals surface area contributed by atoms with Gasteiger partial charge in [0.25, 0.3) is 0 Å². The quantitative estimate of drug-likeness (QED) is 0.279. The monoisotopic (exact) mass is 597 g/mol. The van der Waals surface area contributed by atoms with E-state index in [0.29, 0.717) is 31.8 Å². The van der Waals surface area contributed by atoms with E-state index in [4.69, 9.17) is 9.47 Å². The third kappa shape index (κ3) is 7.31. The van der Waals surface area contributed by atoms with Crippen LogP contribution in [0.3, 0.4) is 0 Å². The van der Waals surface area contributed by atoms with Crippen molar-refractivity contribution in [1.82, 2.24) is 24.6 Å². The first-order chi connectivity index (χ1) is 20.0. The van der Waals surface area contributed by atoms with Gasteiger partial charge in [0.1, 0.15) is 12.2 Å². The zero-order valence-corrected chi connectivity index (χ0v) is 23.1. The summed E-state index contributed by atoms with van der Waals surface area (Å²) < 4.78 is 94.9. The number of likely N-dealkylation sites (tertiary alicyclic amines) is 1. The molecule has 2 aliphatic heterocycles. The number of ether oxygens (including phenoxy) is 2. The Hall–Kier alpha value is -3.00. The fourth-order valence-electron chi connectivity index (χ4n) is 5.51. The molecule has 2 fully saturated rings. The van der Waals surface area contributed by atoms with Gasteiger partial charge in [-0.25, -0.2) is 9.67 Å². The minimum Gasteiger partial charge on any atom is -0.349 e. The summed E-state index contributed by atoms with van der Waals surface area (Å²) in [6.07, 6.45) is -8.12. The van der Waals surface area contributed by atoms with E-state index in [2.05, 4.69) is 19.9 Å². The fourth-order valence-corrected chi connectivity index (χ4v) is 5.51. The van der Waals surface area contributed by atoms with Crippen molar-refractivity contribution in [3.8, 4) is 0 Å². The third-order valence-corrected chi connectivity index (χ3v) is 7.74. The molecule has 228 valence electrons. The van der Waals surface area contributed by atoms with Crippen LogP contribution in [0, 0.1) is 0 Å². The van der Waals surface area contributed by atoms with Crippen molar-refractivity contribution in [2.45, 2.75) is 63.6 Å². The van der Waals surface area contributed by atoms with Crippen molar-refractivity contribution < 1.29 is 35.8 Å². The maximum absolute atomic E-state index is 13.5. The second-order valence-corrected chi connectivity index (χ2v) is 10.6. The fraction of sp³-hybridized carbons (Fsp3) is 0.517. The van der Waals surface area contributed by atoms with Gasteiger partial charge in [-0.05, 0) is 62.2 Å². The molecule has 5 rings (SSSR count). The first kappa shape index (κ1) is 30.5. The van der Waals surface area contributed by atoms with Crippen molar-refractivity contribution in [2.75, 3.05) is 32.8 Å². The first-order valence-electron chi connectivity index (χ1n) is 13.9. The van der Waals surface area contributed by atoms with E-state index >= 15 is 0 Å². The number of halogens is 6. The van der Waals surface area contributed by atoms with Crippen LogP contribution in [-0.4, -0.2) is 63.6 Å². The van der Waals surface area contributed by atoms with E-state index in [0.717, 1.165) is 31.0 Å². The minimum absolute atomic E-state index is 0.113. The Morgan fingerprint density at radius 2 is 1.60 bits per heavy atom. The van der Waals surface area contributed by atoms with E-state index in [-0.39, 0.29) is 18.2 Å². The average Bonchev–Trinajstić information content (AvgIpc) is 3.63. The van der Waals surface area contributed by atoms with Crippen LogP contribution in [0.4, 0.5) is 26.3 Å². The summed E-state index contributed by atoms with van der Waals surface area (Å²) in [5, 5.41) is 4.41. The topological polar surface area (TPSA) is 55.7 Å². The number of morpholine rings is 1. The van der Waals surface area contributed by atoms with Crippen molar-refractivity contribution >= 4 is 0 Å². The molecule has 42 heavy (non-hydrogen) atoms. The van der Waals surface area contributed by atoms with Gasteiger partial charge in [0.05, 0.1) is 43.0 Å². The number of nitrogens with zero attached hydrogens (tertiary/aromatic N) is 5. The van der Waals surface area contributed by atoms with Gasteiger partial charge < -0.3 is 14.4 Å². The first-order valence-corrected chi connectivity index (χ1v) is 13.9. The highest BCUT2D eigenvalue weighted by Crippen LogP contribution is 2.39. The maximum Gasteiger partial charge on any atom is 0.416 e. The second-order valence-electron chi connectivity index (χ2n) is 10.6. The molecule has 0 amide bonds. The number of hydrogen-bond donors (Lipinski definition) is 0. The molecule has 13 heteroatoms. The lowest BCUT2D eigenvalue weighted by molar-refractivity contribution is -0.231. The Morgan fingerprint density at radius 3 is 2.24 bits per heavy atom. The highest BCUT2D eigenvalue weighted by Gasteiger charge is 2.39. The summed E-state index contributed by atoms with van der Waals surface area (Å²) in [7, 11) is 0. The normalized spacial score (nSPS) is 21.6. The van der Waals surface area contributed by atoms with Gasteiger partial charge in [-0.15, -0.1) is 0 Å². The number of hydrogen-bond acceptors (Lipinski definition) is 6. The Kier molecular flexibility index (Phi) is 9.21. The lowest BCUT2D eigenvalue weighted by Crippen LogP contribution is -2.46. The Balaban J connectivity index is 1.38. The van der Waals surface area contributed by atoms with Crippen LogP contribution in [0.15, 0.2) is 54.9 Å². The molecule has 3 aromatic rings. The number of rotatable bonds is 9. The van der Waals surface area contributed by atoms with Crippen molar-refractivity contribution in [1.29, 1.82) is 0 Å². The SMILES string of the molecule is CC(O[C@H]1OCCN(Cc2ncnn2CCN2CCCC2)[C@H]1c1ccccc1)c1cc(C(F)(F)F)cc(C(F)(F)F)c1. The van der Waals surface area contributed by atoms with Gasteiger partial charge in [0, 0.05) is 13.1 Å². The summed E-state index contributed by atoms with van der Waals surface area (Å²) >= 11 is 0. The molecule has 1 aromatic heterocycles. The van der Waals surface area contributed by atoms with Crippen LogP contribution < -0.4 is 0 Å². The van der Waals surface area contributed by atoms with E-state index < -0.39 is 41.9 Å². The van der Waals surface area contributed by atoms with Crippen molar-refractivity contribution in [3.63, 3.8) is 0 Å². The minimum atomic E-state index is -4.95. The summed E-state index contributed by atoms with van der Waals surface area (Å²) in [6, 6.07) is 10.3. The molecule has 3 atom stereocenters. The molecule has 0 N–H and O–H groups in total. The number of aromatic nitrogens is 3. The summed E-state index contributed by atoms with van der Waals surface area (Å²) in [4.78, 5) is 8.96. The van der Waals surface area contributed by atoms with Crippen LogP contribution in [0.25, 0.3) is 0 Å².